The summed E-state index contributed by atoms with van der Waals surface area (Å²) in [6.07, 6.45) is 8.21. The second-order valence-corrected chi connectivity index (χ2v) is 6.65. The van der Waals surface area contributed by atoms with Gasteiger partial charge in [-0.05, 0) is 20.3 Å². The first kappa shape index (κ1) is 15.9. The van der Waals surface area contributed by atoms with E-state index in [0.717, 1.165) is 12.8 Å². The van der Waals surface area contributed by atoms with E-state index in [-0.39, 0.29) is 0 Å². The van der Waals surface area contributed by atoms with Gasteiger partial charge in [0.1, 0.15) is 0 Å². The highest BCUT2D eigenvalue weighted by atomic mass is 32.2. The van der Waals surface area contributed by atoms with E-state index in [2.05, 4.69) is 6.92 Å². The topological polar surface area (TPSA) is 43.4 Å². The summed E-state index contributed by atoms with van der Waals surface area (Å²) in [5.74, 6) is 0. The summed E-state index contributed by atoms with van der Waals surface area (Å²) < 4.78 is 27.5. The van der Waals surface area contributed by atoms with Gasteiger partial charge in [-0.2, -0.15) is 8.42 Å². The Morgan fingerprint density at radius 1 is 0.938 bits per heavy atom. The molecule has 0 aliphatic carbocycles. The van der Waals surface area contributed by atoms with Crippen molar-refractivity contribution in [3.8, 4) is 0 Å². The normalized spacial score (nSPS) is 12.2. The summed E-state index contributed by atoms with van der Waals surface area (Å²) in [6.45, 7) is 5.82. The fraction of sp³-hybridized carbons (Fsp3) is 1.00. The lowest BCUT2D eigenvalue weighted by atomic mass is 10.1. The van der Waals surface area contributed by atoms with Crippen LogP contribution in [0.3, 0.4) is 0 Å². The maximum Gasteiger partial charge on any atom is 0.269 e. The maximum absolute atomic E-state index is 11.3. The number of rotatable bonds is 10. The van der Waals surface area contributed by atoms with Crippen LogP contribution in [0.1, 0.15) is 65.7 Å². The molecule has 0 amide bonds. The van der Waals surface area contributed by atoms with Crippen molar-refractivity contribution in [3.63, 3.8) is 0 Å². The Bertz CT molecular complexity index is 245. The predicted molar refractivity (Wildman–Crippen MR) is 68.0 cm³/mol. The average Bonchev–Trinajstić information content (AvgIpc) is 2.21. The van der Waals surface area contributed by atoms with E-state index >= 15 is 0 Å². The maximum atomic E-state index is 11.3. The molecule has 0 aromatic rings. The number of unbranched alkanes of at least 4 members (excludes halogenated alkanes) is 6. The van der Waals surface area contributed by atoms with Crippen molar-refractivity contribution in [1.29, 1.82) is 0 Å². The summed E-state index contributed by atoms with van der Waals surface area (Å²) >= 11 is 0. The first-order chi connectivity index (χ1) is 7.50. The first-order valence-electron chi connectivity index (χ1n) is 6.39. The van der Waals surface area contributed by atoms with Crippen molar-refractivity contribution in [2.45, 2.75) is 71.0 Å². The zero-order valence-corrected chi connectivity index (χ0v) is 11.7. The minimum absolute atomic E-state index is 0.342. The van der Waals surface area contributed by atoms with Crippen LogP contribution in [0.5, 0.6) is 0 Å². The number of hydrogen-bond acceptors (Lipinski definition) is 3. The smallest absolute Gasteiger partial charge is 0.269 e. The molecule has 0 bridgehead atoms. The van der Waals surface area contributed by atoms with Crippen molar-refractivity contribution in [2.24, 2.45) is 0 Å². The van der Waals surface area contributed by atoms with E-state index in [1.54, 1.807) is 13.8 Å². The third-order valence-electron chi connectivity index (χ3n) is 2.57. The van der Waals surface area contributed by atoms with E-state index < -0.39 is 15.4 Å². The molecule has 0 aliphatic rings. The van der Waals surface area contributed by atoms with Gasteiger partial charge in [0.05, 0.1) is 11.9 Å². The van der Waals surface area contributed by atoms with Crippen LogP contribution in [-0.2, 0) is 14.3 Å². The molecule has 0 saturated heterocycles. The van der Waals surface area contributed by atoms with Crippen LogP contribution in [0, 0.1) is 0 Å². The average molecular weight is 250 g/mol. The van der Waals surface area contributed by atoms with Crippen LogP contribution in [-0.4, -0.2) is 20.3 Å². The minimum Gasteiger partial charge on any atom is -0.270 e. The van der Waals surface area contributed by atoms with Gasteiger partial charge >= 0.3 is 0 Å². The summed E-state index contributed by atoms with van der Waals surface area (Å²) in [7, 11) is -3.30. The molecular formula is C12H26O3S. The highest BCUT2D eigenvalue weighted by Gasteiger charge is 2.15. The first-order valence-corrected chi connectivity index (χ1v) is 7.86. The Kier molecular flexibility index (Phi) is 8.94. The van der Waals surface area contributed by atoms with Gasteiger partial charge < -0.3 is 0 Å². The molecule has 0 unspecified atom stereocenters. The van der Waals surface area contributed by atoms with Gasteiger partial charge in [-0.25, -0.2) is 0 Å². The molecule has 0 rings (SSSR count). The molecular weight excluding hydrogens is 224 g/mol. The van der Waals surface area contributed by atoms with Gasteiger partial charge in [-0.1, -0.05) is 45.4 Å². The van der Waals surface area contributed by atoms with Crippen molar-refractivity contribution >= 4 is 10.1 Å². The van der Waals surface area contributed by atoms with Gasteiger partial charge in [0.2, 0.25) is 0 Å². The Morgan fingerprint density at radius 2 is 1.44 bits per heavy atom. The third kappa shape index (κ3) is 8.11. The molecule has 16 heavy (non-hydrogen) atoms. The molecule has 0 saturated carbocycles. The Hall–Kier alpha value is -0.0900. The zero-order valence-electron chi connectivity index (χ0n) is 10.9. The lowest BCUT2D eigenvalue weighted by molar-refractivity contribution is 0.302. The fourth-order valence-electron chi connectivity index (χ4n) is 1.37. The molecule has 98 valence electrons. The lowest BCUT2D eigenvalue weighted by Crippen LogP contribution is -2.17. The Balaban J connectivity index is 3.34. The molecule has 0 aromatic heterocycles. The van der Waals surface area contributed by atoms with Gasteiger partial charge in [-0.3, -0.25) is 4.18 Å². The van der Waals surface area contributed by atoms with E-state index in [1.807, 2.05) is 0 Å². The molecule has 0 radical (unpaired) electrons. The summed E-state index contributed by atoms with van der Waals surface area (Å²) in [5.41, 5.74) is 0. The summed E-state index contributed by atoms with van der Waals surface area (Å²) in [4.78, 5) is 0. The highest BCUT2D eigenvalue weighted by Crippen LogP contribution is 2.08. The highest BCUT2D eigenvalue weighted by molar-refractivity contribution is 7.87. The standard InChI is InChI=1S/C12H26O3S/c1-4-5-6-7-8-9-10-11-15-16(13,14)12(2)3/h12H,4-11H2,1-3H3. The molecule has 0 heterocycles. The van der Waals surface area contributed by atoms with Gasteiger partial charge in [-0.15, -0.1) is 0 Å². The number of hydrogen-bond donors (Lipinski definition) is 0. The molecule has 0 aliphatic heterocycles. The van der Waals surface area contributed by atoms with Crippen LogP contribution in [0.25, 0.3) is 0 Å². The van der Waals surface area contributed by atoms with E-state index in [1.165, 1.54) is 32.1 Å². The minimum atomic E-state index is -3.30. The second kappa shape index (κ2) is 8.99. The largest absolute Gasteiger partial charge is 0.270 e. The zero-order chi connectivity index (χ0) is 12.4. The van der Waals surface area contributed by atoms with E-state index in [0.29, 0.717) is 6.61 Å². The Morgan fingerprint density at radius 3 is 1.94 bits per heavy atom. The third-order valence-corrected chi connectivity index (χ3v) is 4.22. The van der Waals surface area contributed by atoms with Crippen molar-refractivity contribution in [1.82, 2.24) is 0 Å². The Labute approximate surface area is 101 Å². The summed E-state index contributed by atoms with van der Waals surface area (Å²) in [6, 6.07) is 0. The molecule has 0 aromatic carbocycles. The van der Waals surface area contributed by atoms with Crippen LogP contribution in [0.15, 0.2) is 0 Å². The van der Waals surface area contributed by atoms with E-state index in [9.17, 15) is 8.42 Å². The van der Waals surface area contributed by atoms with Crippen molar-refractivity contribution in [3.05, 3.63) is 0 Å². The molecule has 0 spiro atoms. The SMILES string of the molecule is CCCCCCCCCOS(=O)(=O)C(C)C. The van der Waals surface area contributed by atoms with Crippen LogP contribution in [0.2, 0.25) is 0 Å². The van der Waals surface area contributed by atoms with E-state index in [4.69, 9.17) is 4.18 Å². The van der Waals surface area contributed by atoms with Gasteiger partial charge in [0.15, 0.2) is 0 Å². The van der Waals surface area contributed by atoms with Gasteiger partial charge in [0.25, 0.3) is 10.1 Å². The quantitative estimate of drug-likeness (QED) is 0.440. The van der Waals surface area contributed by atoms with Crippen LogP contribution >= 0.6 is 0 Å². The second-order valence-electron chi connectivity index (χ2n) is 4.48. The lowest BCUT2D eigenvalue weighted by Gasteiger charge is -2.07. The monoisotopic (exact) mass is 250 g/mol. The molecule has 0 N–H and O–H groups in total. The van der Waals surface area contributed by atoms with Crippen LogP contribution in [0.4, 0.5) is 0 Å². The summed E-state index contributed by atoms with van der Waals surface area (Å²) in [5, 5.41) is -0.433. The van der Waals surface area contributed by atoms with Crippen molar-refractivity contribution < 1.29 is 12.6 Å². The fourth-order valence-corrected chi connectivity index (χ4v) is 1.99. The molecule has 3 nitrogen and oxygen atoms in total. The predicted octanol–water partition coefficient (Wildman–Crippen LogP) is 3.49. The molecule has 4 heteroatoms. The van der Waals surface area contributed by atoms with Gasteiger partial charge in [0, 0.05) is 0 Å². The van der Waals surface area contributed by atoms with Crippen LogP contribution < -0.4 is 0 Å². The molecule has 0 fully saturated rings. The van der Waals surface area contributed by atoms with Crippen molar-refractivity contribution in [2.75, 3.05) is 6.61 Å². The molecule has 0 atom stereocenters.